The molecule has 1 aliphatic carbocycles. The Balaban J connectivity index is 1.26. The number of hydrogen-bond acceptors (Lipinski definition) is 4. The average molecular weight is 578 g/mol. The minimum absolute atomic E-state index is 0.00747. The molecule has 3 aliphatic rings. The van der Waals surface area contributed by atoms with Gasteiger partial charge in [0, 0.05) is 66.6 Å². The minimum atomic E-state index is -4.46. The third-order valence-electron chi connectivity index (χ3n) is 8.90. The first kappa shape index (κ1) is 28.7. The van der Waals surface area contributed by atoms with Gasteiger partial charge in [-0.2, -0.15) is 13.2 Å². The van der Waals surface area contributed by atoms with Crippen molar-refractivity contribution < 1.29 is 27.5 Å². The third-order valence-corrected chi connectivity index (χ3v) is 9.15. The van der Waals surface area contributed by atoms with Crippen LogP contribution in [0.1, 0.15) is 63.0 Å². The second-order valence-corrected chi connectivity index (χ2v) is 12.2. The number of piperidine rings is 2. The maximum absolute atomic E-state index is 13.6. The van der Waals surface area contributed by atoms with Crippen LogP contribution in [0.4, 0.5) is 13.2 Å². The number of benzene rings is 1. The molecule has 40 heavy (non-hydrogen) atoms. The van der Waals surface area contributed by atoms with Crippen LogP contribution in [-0.4, -0.2) is 58.9 Å². The molecule has 1 aromatic heterocycles. The van der Waals surface area contributed by atoms with E-state index in [0.29, 0.717) is 50.5 Å². The van der Waals surface area contributed by atoms with E-state index >= 15 is 0 Å². The van der Waals surface area contributed by atoms with Crippen molar-refractivity contribution in [1.82, 2.24) is 14.8 Å². The van der Waals surface area contributed by atoms with Gasteiger partial charge < -0.3 is 14.5 Å². The van der Waals surface area contributed by atoms with Crippen molar-refractivity contribution in [3.63, 3.8) is 0 Å². The van der Waals surface area contributed by atoms with Gasteiger partial charge in [0.25, 0.3) is 0 Å². The molecule has 3 unspecified atom stereocenters. The molecular weight excluding hydrogens is 543 g/mol. The first-order chi connectivity index (χ1) is 18.9. The number of amides is 2. The molecule has 2 aliphatic heterocycles. The highest BCUT2D eigenvalue weighted by atomic mass is 35.5. The Morgan fingerprint density at radius 1 is 1.02 bits per heavy atom. The molecule has 1 aromatic carbocycles. The Morgan fingerprint density at radius 2 is 1.68 bits per heavy atom. The number of pyridine rings is 1. The van der Waals surface area contributed by atoms with Crippen molar-refractivity contribution in [2.45, 2.75) is 64.1 Å². The average Bonchev–Trinajstić information content (AvgIpc) is 3.70. The number of aromatic nitrogens is 1. The number of alkyl halides is 3. The van der Waals surface area contributed by atoms with E-state index in [1.807, 2.05) is 47.9 Å². The first-order valence-electron chi connectivity index (χ1n) is 14.0. The molecule has 3 atom stereocenters. The molecule has 5 rings (SSSR count). The molecule has 6 nitrogen and oxygen atoms in total. The number of likely N-dealkylation sites (tertiary alicyclic amines) is 2. The summed E-state index contributed by atoms with van der Waals surface area (Å²) < 4.78 is 44.9. The molecule has 10 heteroatoms. The quantitative estimate of drug-likeness (QED) is 0.411. The summed E-state index contributed by atoms with van der Waals surface area (Å²) in [5.41, 5.74) is 0.00949. The molecule has 0 bridgehead atoms. The normalized spacial score (nSPS) is 23.9. The molecule has 3 fully saturated rings. The van der Waals surface area contributed by atoms with Crippen molar-refractivity contribution in [1.29, 1.82) is 0 Å². The van der Waals surface area contributed by atoms with Gasteiger partial charge in [0.1, 0.15) is 6.10 Å². The number of nitrogens with zero attached hydrogens (tertiary/aromatic N) is 3. The first-order valence-corrected chi connectivity index (χ1v) is 14.4. The van der Waals surface area contributed by atoms with Gasteiger partial charge in [-0.05, 0) is 62.8 Å². The van der Waals surface area contributed by atoms with Gasteiger partial charge in [-0.1, -0.05) is 30.7 Å². The molecule has 216 valence electrons. The SMILES string of the molecule is CC(Oc1ccc(C(F)(F)F)cn1)C1CCN(C(=O)C2CCN(C(=O)C3(C)CC3)CC2)CC1c1ccc(Cl)cc1. The lowest BCUT2D eigenvalue weighted by atomic mass is 9.77. The van der Waals surface area contributed by atoms with E-state index in [2.05, 4.69) is 4.98 Å². The fourth-order valence-electron chi connectivity index (χ4n) is 6.06. The topological polar surface area (TPSA) is 62.7 Å². The van der Waals surface area contributed by atoms with Gasteiger partial charge in [0.15, 0.2) is 0 Å². The second-order valence-electron chi connectivity index (χ2n) is 11.7. The fourth-order valence-corrected chi connectivity index (χ4v) is 6.19. The fraction of sp³-hybridized carbons (Fsp3) is 0.567. The highest BCUT2D eigenvalue weighted by molar-refractivity contribution is 6.30. The number of ether oxygens (including phenoxy) is 1. The highest BCUT2D eigenvalue weighted by Crippen LogP contribution is 2.47. The zero-order valence-corrected chi connectivity index (χ0v) is 23.5. The second kappa shape index (κ2) is 11.2. The van der Waals surface area contributed by atoms with Crippen LogP contribution in [0, 0.1) is 17.3 Å². The summed E-state index contributed by atoms with van der Waals surface area (Å²) in [6.07, 6.45) is -0.111. The maximum atomic E-state index is 13.6. The number of rotatable bonds is 6. The van der Waals surface area contributed by atoms with Gasteiger partial charge >= 0.3 is 6.18 Å². The van der Waals surface area contributed by atoms with E-state index in [0.717, 1.165) is 30.7 Å². The van der Waals surface area contributed by atoms with E-state index < -0.39 is 11.7 Å². The van der Waals surface area contributed by atoms with E-state index in [-0.39, 0.29) is 47.0 Å². The summed E-state index contributed by atoms with van der Waals surface area (Å²) in [5, 5.41) is 0.614. The van der Waals surface area contributed by atoms with Crippen LogP contribution in [0.3, 0.4) is 0 Å². The molecular formula is C30H35ClF3N3O3. The number of hydrogen-bond donors (Lipinski definition) is 0. The zero-order valence-electron chi connectivity index (χ0n) is 22.8. The van der Waals surface area contributed by atoms with Gasteiger partial charge in [-0.3, -0.25) is 9.59 Å². The van der Waals surface area contributed by atoms with Gasteiger partial charge in [-0.15, -0.1) is 0 Å². The van der Waals surface area contributed by atoms with Gasteiger partial charge in [-0.25, -0.2) is 4.98 Å². The summed E-state index contributed by atoms with van der Waals surface area (Å²) in [4.78, 5) is 34.1. The van der Waals surface area contributed by atoms with Crippen LogP contribution in [0.2, 0.25) is 5.02 Å². The number of halogens is 4. The number of carbonyl (C=O) groups is 2. The monoisotopic (exact) mass is 577 g/mol. The Hall–Kier alpha value is -2.81. The van der Waals surface area contributed by atoms with E-state index in [4.69, 9.17) is 16.3 Å². The van der Waals surface area contributed by atoms with Gasteiger partial charge in [0.05, 0.1) is 5.56 Å². The van der Waals surface area contributed by atoms with Crippen molar-refractivity contribution in [3.8, 4) is 5.88 Å². The van der Waals surface area contributed by atoms with Crippen molar-refractivity contribution in [2.75, 3.05) is 26.2 Å². The largest absolute Gasteiger partial charge is 0.474 e. The summed E-state index contributed by atoms with van der Waals surface area (Å²) in [6, 6.07) is 9.78. The van der Waals surface area contributed by atoms with Crippen LogP contribution >= 0.6 is 11.6 Å². The summed E-state index contributed by atoms with van der Waals surface area (Å²) >= 11 is 6.14. The van der Waals surface area contributed by atoms with E-state index in [9.17, 15) is 22.8 Å². The van der Waals surface area contributed by atoms with Crippen LogP contribution in [0.15, 0.2) is 42.6 Å². The molecule has 0 spiro atoms. The molecule has 0 radical (unpaired) electrons. The van der Waals surface area contributed by atoms with Crippen LogP contribution in [0.5, 0.6) is 5.88 Å². The Kier molecular flexibility index (Phi) is 8.06. The van der Waals surface area contributed by atoms with Crippen LogP contribution < -0.4 is 4.74 Å². The van der Waals surface area contributed by atoms with Crippen molar-refractivity contribution in [3.05, 3.63) is 58.7 Å². The lowest BCUT2D eigenvalue weighted by Gasteiger charge is -2.43. The molecule has 1 saturated carbocycles. The Bertz CT molecular complexity index is 1210. The molecule has 3 heterocycles. The molecule has 2 amide bonds. The lowest BCUT2D eigenvalue weighted by Crippen LogP contribution is -2.50. The van der Waals surface area contributed by atoms with Gasteiger partial charge in [0.2, 0.25) is 17.7 Å². The summed E-state index contributed by atoms with van der Waals surface area (Å²) in [6.45, 7) is 6.23. The minimum Gasteiger partial charge on any atom is -0.474 e. The van der Waals surface area contributed by atoms with Crippen molar-refractivity contribution in [2.24, 2.45) is 17.3 Å². The summed E-state index contributed by atoms with van der Waals surface area (Å²) in [7, 11) is 0. The van der Waals surface area contributed by atoms with E-state index in [1.54, 1.807) is 0 Å². The predicted molar refractivity (Wildman–Crippen MR) is 145 cm³/mol. The zero-order chi connectivity index (χ0) is 28.7. The Labute approximate surface area is 237 Å². The van der Waals surface area contributed by atoms with E-state index in [1.165, 1.54) is 6.07 Å². The standard InChI is InChI=1S/C30H35ClF3N3O3/c1-19(40-26-8-5-22(17-35-26)30(32,33)34)24-11-16-37(18-25(24)20-3-6-23(31)7-4-20)27(38)21-9-14-36(15-10-21)28(39)29(2)12-13-29/h3-8,17,19,21,24-25H,9-16,18H2,1-2H3. The van der Waals surface area contributed by atoms with Crippen molar-refractivity contribution >= 4 is 23.4 Å². The highest BCUT2D eigenvalue weighted by Gasteiger charge is 2.48. The third kappa shape index (κ3) is 6.24. The number of carbonyl (C=O) groups excluding carboxylic acids is 2. The molecule has 2 saturated heterocycles. The lowest BCUT2D eigenvalue weighted by molar-refractivity contribution is -0.144. The van der Waals surface area contributed by atoms with Crippen LogP contribution in [0.25, 0.3) is 0 Å². The Morgan fingerprint density at radius 3 is 2.25 bits per heavy atom. The smallest absolute Gasteiger partial charge is 0.417 e. The maximum Gasteiger partial charge on any atom is 0.417 e. The molecule has 0 N–H and O–H groups in total. The summed E-state index contributed by atoms with van der Waals surface area (Å²) in [5.74, 6) is 0.335. The van der Waals surface area contributed by atoms with Crippen LogP contribution in [-0.2, 0) is 15.8 Å². The predicted octanol–water partition coefficient (Wildman–Crippen LogP) is 6.19. The molecule has 2 aromatic rings.